The molecule has 19 heavy (non-hydrogen) atoms. The Kier molecular flexibility index (Phi) is 3.10. The second kappa shape index (κ2) is 4.72. The lowest BCUT2D eigenvalue weighted by Crippen LogP contribution is -2.13. The molecule has 0 fully saturated rings. The highest BCUT2D eigenvalue weighted by molar-refractivity contribution is 5.97. The van der Waals surface area contributed by atoms with Crippen LogP contribution in [0.4, 0.5) is 10.1 Å². The molecule has 1 aromatic carbocycles. The van der Waals surface area contributed by atoms with Crippen LogP contribution in [0.1, 0.15) is 5.56 Å². The Hall–Kier alpha value is -2.97. The summed E-state index contributed by atoms with van der Waals surface area (Å²) in [4.78, 5) is 9.88. The van der Waals surface area contributed by atoms with Crippen molar-refractivity contribution in [2.24, 2.45) is 10.9 Å². The number of amidine groups is 1. The number of nitro groups is 1. The van der Waals surface area contributed by atoms with Gasteiger partial charge in [-0.1, -0.05) is 5.16 Å². The number of hydrogen-bond acceptors (Lipinski definition) is 5. The third kappa shape index (κ3) is 2.34. The zero-order valence-electron chi connectivity index (χ0n) is 9.39. The standard InChI is InChI=1S/C10H8FN5O3/c11-8-3-6(10(12)14-17)1-2-9(8)15-5-7(4-13-15)16(18)19/h1-5,17H,(H2,12,14). The van der Waals surface area contributed by atoms with E-state index in [-0.39, 0.29) is 22.8 Å². The first kappa shape index (κ1) is 12.5. The van der Waals surface area contributed by atoms with E-state index in [1.165, 1.54) is 12.1 Å². The smallest absolute Gasteiger partial charge is 0.307 e. The van der Waals surface area contributed by atoms with E-state index in [2.05, 4.69) is 10.3 Å². The highest BCUT2D eigenvalue weighted by Crippen LogP contribution is 2.17. The molecule has 0 spiro atoms. The van der Waals surface area contributed by atoms with Crippen molar-refractivity contribution in [1.82, 2.24) is 9.78 Å². The van der Waals surface area contributed by atoms with Crippen molar-refractivity contribution >= 4 is 11.5 Å². The van der Waals surface area contributed by atoms with Gasteiger partial charge in [0.05, 0.1) is 4.92 Å². The van der Waals surface area contributed by atoms with Gasteiger partial charge < -0.3 is 10.9 Å². The molecule has 2 rings (SSSR count). The zero-order chi connectivity index (χ0) is 14.0. The van der Waals surface area contributed by atoms with Crippen LogP contribution in [-0.2, 0) is 0 Å². The number of oxime groups is 1. The van der Waals surface area contributed by atoms with Crippen molar-refractivity contribution in [3.05, 3.63) is 52.1 Å². The van der Waals surface area contributed by atoms with Gasteiger partial charge in [-0.2, -0.15) is 5.10 Å². The lowest BCUT2D eigenvalue weighted by molar-refractivity contribution is -0.384. The maximum atomic E-state index is 13.8. The summed E-state index contributed by atoms with van der Waals surface area (Å²) >= 11 is 0. The Balaban J connectivity index is 2.43. The van der Waals surface area contributed by atoms with Gasteiger partial charge in [0.2, 0.25) is 0 Å². The Morgan fingerprint density at radius 3 is 2.84 bits per heavy atom. The highest BCUT2D eigenvalue weighted by atomic mass is 19.1. The molecule has 8 nitrogen and oxygen atoms in total. The van der Waals surface area contributed by atoms with Crippen LogP contribution in [0, 0.1) is 15.9 Å². The second-order valence-electron chi connectivity index (χ2n) is 3.55. The molecule has 2 aromatic rings. The van der Waals surface area contributed by atoms with Gasteiger partial charge in [0.25, 0.3) is 0 Å². The summed E-state index contributed by atoms with van der Waals surface area (Å²) in [7, 11) is 0. The molecule has 0 unspecified atom stereocenters. The van der Waals surface area contributed by atoms with Crippen molar-refractivity contribution in [1.29, 1.82) is 0 Å². The fourth-order valence-corrected chi connectivity index (χ4v) is 1.45. The van der Waals surface area contributed by atoms with E-state index in [0.29, 0.717) is 0 Å². The van der Waals surface area contributed by atoms with Gasteiger partial charge in [0, 0.05) is 5.56 Å². The van der Waals surface area contributed by atoms with Gasteiger partial charge in [-0.3, -0.25) is 10.1 Å². The number of nitrogens with zero attached hydrogens (tertiary/aromatic N) is 4. The number of aromatic nitrogens is 2. The lowest BCUT2D eigenvalue weighted by atomic mass is 10.2. The molecule has 0 radical (unpaired) electrons. The Morgan fingerprint density at radius 1 is 1.58 bits per heavy atom. The Bertz CT molecular complexity index is 667. The molecule has 0 bridgehead atoms. The van der Waals surface area contributed by atoms with Crippen LogP contribution in [0.2, 0.25) is 0 Å². The molecule has 98 valence electrons. The molecule has 3 N–H and O–H groups in total. The maximum Gasteiger partial charge on any atom is 0.307 e. The summed E-state index contributed by atoms with van der Waals surface area (Å²) in [5.41, 5.74) is 5.27. The number of hydrogen-bond donors (Lipinski definition) is 2. The SMILES string of the molecule is N/C(=N/O)c1ccc(-n2cc([N+](=O)[O-])cn2)c(F)c1. The van der Waals surface area contributed by atoms with E-state index in [4.69, 9.17) is 10.9 Å². The van der Waals surface area contributed by atoms with E-state index in [0.717, 1.165) is 23.1 Å². The summed E-state index contributed by atoms with van der Waals surface area (Å²) < 4.78 is 14.9. The van der Waals surface area contributed by atoms with Crippen molar-refractivity contribution in [3.63, 3.8) is 0 Å². The molecule has 9 heteroatoms. The van der Waals surface area contributed by atoms with Gasteiger partial charge >= 0.3 is 5.69 Å². The van der Waals surface area contributed by atoms with Crippen molar-refractivity contribution in [2.45, 2.75) is 0 Å². The van der Waals surface area contributed by atoms with Crippen LogP contribution >= 0.6 is 0 Å². The molecule has 0 saturated heterocycles. The predicted molar refractivity (Wildman–Crippen MR) is 62.7 cm³/mol. The molecule has 0 atom stereocenters. The van der Waals surface area contributed by atoms with Crippen molar-refractivity contribution < 1.29 is 14.5 Å². The molecule has 0 aliphatic rings. The molecular weight excluding hydrogens is 257 g/mol. The number of halogens is 1. The summed E-state index contributed by atoms with van der Waals surface area (Å²) in [5, 5.41) is 25.4. The summed E-state index contributed by atoms with van der Waals surface area (Å²) in [5.74, 6) is -0.945. The third-order valence-corrected chi connectivity index (χ3v) is 2.38. The quantitative estimate of drug-likeness (QED) is 0.282. The molecule has 1 aromatic heterocycles. The maximum absolute atomic E-state index is 13.8. The largest absolute Gasteiger partial charge is 0.409 e. The van der Waals surface area contributed by atoms with Crippen molar-refractivity contribution in [2.75, 3.05) is 0 Å². The fraction of sp³-hybridized carbons (Fsp3) is 0. The van der Waals surface area contributed by atoms with Gasteiger partial charge in [0.15, 0.2) is 5.84 Å². The molecule has 0 aliphatic carbocycles. The lowest BCUT2D eigenvalue weighted by Gasteiger charge is -2.04. The molecule has 0 saturated carbocycles. The molecule has 1 heterocycles. The normalized spacial score (nSPS) is 11.5. The second-order valence-corrected chi connectivity index (χ2v) is 3.55. The first-order chi connectivity index (χ1) is 9.02. The zero-order valence-corrected chi connectivity index (χ0v) is 9.39. The third-order valence-electron chi connectivity index (χ3n) is 2.38. The van der Waals surface area contributed by atoms with E-state index in [1.807, 2.05) is 0 Å². The van der Waals surface area contributed by atoms with E-state index in [1.54, 1.807) is 0 Å². The summed E-state index contributed by atoms with van der Waals surface area (Å²) in [6.07, 6.45) is 2.10. The van der Waals surface area contributed by atoms with Gasteiger partial charge in [-0.25, -0.2) is 9.07 Å². The first-order valence-electron chi connectivity index (χ1n) is 5.00. The van der Waals surface area contributed by atoms with Crippen LogP contribution < -0.4 is 5.73 Å². The van der Waals surface area contributed by atoms with E-state index < -0.39 is 10.7 Å². The molecule has 0 aliphatic heterocycles. The summed E-state index contributed by atoms with van der Waals surface area (Å²) in [6.45, 7) is 0. The van der Waals surface area contributed by atoms with Gasteiger partial charge in [-0.15, -0.1) is 0 Å². The van der Waals surface area contributed by atoms with Crippen LogP contribution in [0.15, 0.2) is 35.7 Å². The summed E-state index contributed by atoms with van der Waals surface area (Å²) in [6, 6.07) is 3.76. The Labute approximate surface area is 105 Å². The highest BCUT2D eigenvalue weighted by Gasteiger charge is 2.13. The van der Waals surface area contributed by atoms with Crippen molar-refractivity contribution in [3.8, 4) is 5.69 Å². The minimum Gasteiger partial charge on any atom is -0.409 e. The monoisotopic (exact) mass is 265 g/mol. The fourth-order valence-electron chi connectivity index (χ4n) is 1.45. The topological polar surface area (TPSA) is 120 Å². The van der Waals surface area contributed by atoms with Crippen LogP contribution in [0.3, 0.4) is 0 Å². The number of rotatable bonds is 3. The molecular formula is C10H8FN5O3. The average Bonchev–Trinajstić information content (AvgIpc) is 2.87. The average molecular weight is 265 g/mol. The van der Waals surface area contributed by atoms with Crippen LogP contribution in [-0.4, -0.2) is 25.7 Å². The Morgan fingerprint density at radius 2 is 2.32 bits per heavy atom. The van der Waals surface area contributed by atoms with Crippen LogP contribution in [0.25, 0.3) is 5.69 Å². The van der Waals surface area contributed by atoms with Crippen LogP contribution in [0.5, 0.6) is 0 Å². The van der Waals surface area contributed by atoms with E-state index >= 15 is 0 Å². The van der Waals surface area contributed by atoms with E-state index in [9.17, 15) is 14.5 Å². The first-order valence-corrected chi connectivity index (χ1v) is 5.00. The predicted octanol–water partition coefficient (Wildman–Crippen LogP) is 1.01. The number of nitrogens with two attached hydrogens (primary N) is 1. The minimum absolute atomic E-state index is 0.0163. The van der Waals surface area contributed by atoms with Gasteiger partial charge in [-0.05, 0) is 18.2 Å². The van der Waals surface area contributed by atoms with Gasteiger partial charge in [0.1, 0.15) is 23.9 Å². The number of benzene rings is 1. The molecule has 0 amide bonds. The minimum atomic E-state index is -0.706.